The van der Waals surface area contributed by atoms with Crippen LogP contribution in [-0.4, -0.2) is 30.0 Å². The SMILES string of the molecule is CC(C)OC(=O)C(=O)C(Cc1ccccc1)N=C=O. The molecule has 1 rings (SSSR count). The fourth-order valence-corrected chi connectivity index (χ4v) is 1.51. The zero-order valence-corrected chi connectivity index (χ0v) is 10.8. The molecule has 0 aliphatic carbocycles. The molecule has 0 saturated heterocycles. The van der Waals surface area contributed by atoms with E-state index in [4.69, 9.17) is 4.74 Å². The molecule has 0 heterocycles. The van der Waals surface area contributed by atoms with Gasteiger partial charge < -0.3 is 4.74 Å². The Morgan fingerprint density at radius 1 is 1.26 bits per heavy atom. The van der Waals surface area contributed by atoms with Crippen molar-refractivity contribution in [3.8, 4) is 0 Å². The Morgan fingerprint density at radius 2 is 1.89 bits per heavy atom. The molecule has 1 aromatic rings. The van der Waals surface area contributed by atoms with E-state index in [0.29, 0.717) is 0 Å². The van der Waals surface area contributed by atoms with Gasteiger partial charge in [-0.3, -0.25) is 4.79 Å². The summed E-state index contributed by atoms with van der Waals surface area (Å²) < 4.78 is 4.80. The number of isocyanates is 1. The number of ether oxygens (including phenoxy) is 1. The molecule has 19 heavy (non-hydrogen) atoms. The Morgan fingerprint density at radius 3 is 2.42 bits per heavy atom. The van der Waals surface area contributed by atoms with Gasteiger partial charge in [-0.05, 0) is 19.4 Å². The van der Waals surface area contributed by atoms with Crippen LogP contribution in [0.5, 0.6) is 0 Å². The number of benzene rings is 1. The van der Waals surface area contributed by atoms with Crippen LogP contribution in [0, 0.1) is 0 Å². The fraction of sp³-hybridized carbons (Fsp3) is 0.357. The highest BCUT2D eigenvalue weighted by molar-refractivity contribution is 6.35. The van der Waals surface area contributed by atoms with Crippen molar-refractivity contribution in [3.05, 3.63) is 35.9 Å². The van der Waals surface area contributed by atoms with Crippen molar-refractivity contribution in [2.45, 2.75) is 32.4 Å². The number of carbonyl (C=O) groups is 2. The normalized spacial score (nSPS) is 11.5. The first-order valence-electron chi connectivity index (χ1n) is 5.90. The number of carbonyl (C=O) groups excluding carboxylic acids is 3. The van der Waals surface area contributed by atoms with E-state index in [1.807, 2.05) is 6.07 Å². The minimum Gasteiger partial charge on any atom is -0.457 e. The smallest absolute Gasteiger partial charge is 0.377 e. The predicted molar refractivity (Wildman–Crippen MR) is 68.3 cm³/mol. The Labute approximate surface area is 111 Å². The van der Waals surface area contributed by atoms with Gasteiger partial charge in [0.25, 0.3) is 5.78 Å². The summed E-state index contributed by atoms with van der Waals surface area (Å²) in [4.78, 5) is 37.1. The van der Waals surface area contributed by atoms with Crippen molar-refractivity contribution < 1.29 is 19.1 Å². The van der Waals surface area contributed by atoms with E-state index < -0.39 is 23.9 Å². The van der Waals surface area contributed by atoms with Crippen LogP contribution in [0.2, 0.25) is 0 Å². The maximum atomic E-state index is 11.8. The van der Waals surface area contributed by atoms with Crippen LogP contribution in [0.25, 0.3) is 0 Å². The molecule has 0 spiro atoms. The average molecular weight is 261 g/mol. The van der Waals surface area contributed by atoms with E-state index >= 15 is 0 Å². The lowest BCUT2D eigenvalue weighted by Crippen LogP contribution is -2.32. The van der Waals surface area contributed by atoms with Gasteiger partial charge in [-0.15, -0.1) is 0 Å². The van der Waals surface area contributed by atoms with Gasteiger partial charge in [0.05, 0.1) is 6.10 Å². The maximum absolute atomic E-state index is 11.8. The van der Waals surface area contributed by atoms with Gasteiger partial charge in [0.15, 0.2) is 0 Å². The summed E-state index contributed by atoms with van der Waals surface area (Å²) in [6, 6.07) is 7.92. The first-order chi connectivity index (χ1) is 9.04. The Bertz CT molecular complexity index is 489. The molecule has 0 fully saturated rings. The number of aliphatic imine (C=N–C) groups is 1. The molecule has 5 heteroatoms. The van der Waals surface area contributed by atoms with Crippen molar-refractivity contribution in [3.63, 3.8) is 0 Å². The lowest BCUT2D eigenvalue weighted by Gasteiger charge is -2.11. The highest BCUT2D eigenvalue weighted by Gasteiger charge is 2.27. The fourth-order valence-electron chi connectivity index (χ4n) is 1.51. The zero-order chi connectivity index (χ0) is 14.3. The average Bonchev–Trinajstić information content (AvgIpc) is 2.38. The van der Waals surface area contributed by atoms with Gasteiger partial charge >= 0.3 is 5.97 Å². The summed E-state index contributed by atoms with van der Waals surface area (Å²) in [7, 11) is 0. The molecule has 1 aromatic carbocycles. The van der Waals surface area contributed by atoms with Gasteiger partial charge in [0, 0.05) is 6.42 Å². The number of Topliss-reactive ketones (excluding diaryl/α,β-unsaturated/α-hetero) is 1. The quantitative estimate of drug-likeness (QED) is 0.336. The van der Waals surface area contributed by atoms with Gasteiger partial charge in [0.1, 0.15) is 6.04 Å². The molecule has 0 amide bonds. The molecular formula is C14H15NO4. The first kappa shape index (κ1) is 14.8. The summed E-state index contributed by atoms with van der Waals surface area (Å²) in [5, 5.41) is 0. The van der Waals surface area contributed by atoms with Gasteiger partial charge in [-0.2, -0.15) is 4.99 Å². The Balaban J connectivity index is 2.80. The second-order valence-corrected chi connectivity index (χ2v) is 4.24. The van der Waals surface area contributed by atoms with Crippen LogP contribution in [0.3, 0.4) is 0 Å². The maximum Gasteiger partial charge on any atom is 0.377 e. The van der Waals surface area contributed by atoms with Gasteiger partial charge in [-0.1, -0.05) is 30.3 Å². The molecule has 0 saturated carbocycles. The molecule has 0 bridgehead atoms. The molecule has 5 nitrogen and oxygen atoms in total. The van der Waals surface area contributed by atoms with E-state index in [0.717, 1.165) is 5.56 Å². The molecule has 100 valence electrons. The number of hydrogen-bond donors (Lipinski definition) is 0. The summed E-state index contributed by atoms with van der Waals surface area (Å²) in [6.45, 7) is 3.28. The third-order valence-electron chi connectivity index (χ3n) is 2.33. The van der Waals surface area contributed by atoms with Crippen LogP contribution < -0.4 is 0 Å². The number of hydrogen-bond acceptors (Lipinski definition) is 5. The lowest BCUT2D eigenvalue weighted by atomic mass is 10.0. The summed E-state index contributed by atoms with van der Waals surface area (Å²) in [6.07, 6.45) is 1.10. The number of rotatable bonds is 6. The Hall–Kier alpha value is -2.26. The molecule has 0 radical (unpaired) electrons. The van der Waals surface area contributed by atoms with Crippen molar-refractivity contribution in [2.75, 3.05) is 0 Å². The molecule has 0 aliphatic heterocycles. The third kappa shape index (κ3) is 4.85. The predicted octanol–water partition coefficient (Wildman–Crippen LogP) is 1.45. The lowest BCUT2D eigenvalue weighted by molar-refractivity contribution is -0.157. The topological polar surface area (TPSA) is 72.8 Å². The second-order valence-electron chi connectivity index (χ2n) is 4.24. The van der Waals surface area contributed by atoms with E-state index in [-0.39, 0.29) is 6.42 Å². The zero-order valence-electron chi connectivity index (χ0n) is 10.8. The minimum atomic E-state index is -1.08. The van der Waals surface area contributed by atoms with Crippen molar-refractivity contribution in [2.24, 2.45) is 4.99 Å². The van der Waals surface area contributed by atoms with Crippen LogP contribution in [0.1, 0.15) is 19.4 Å². The van der Waals surface area contributed by atoms with Gasteiger partial charge in [0.2, 0.25) is 6.08 Å². The third-order valence-corrected chi connectivity index (χ3v) is 2.33. The van der Waals surface area contributed by atoms with Crippen LogP contribution in [0.15, 0.2) is 35.3 Å². The van der Waals surface area contributed by atoms with Crippen molar-refractivity contribution in [1.82, 2.24) is 0 Å². The standard InChI is InChI=1S/C14H15NO4/c1-10(2)19-14(18)13(17)12(15-9-16)8-11-6-4-3-5-7-11/h3-7,10,12H,8H2,1-2H3. The second kappa shape index (κ2) is 7.24. The van der Waals surface area contributed by atoms with Gasteiger partial charge in [-0.25, -0.2) is 9.59 Å². The molecule has 0 aliphatic rings. The summed E-state index contributed by atoms with van der Waals surface area (Å²) in [5.74, 6) is -1.81. The summed E-state index contributed by atoms with van der Waals surface area (Å²) in [5.41, 5.74) is 0.803. The van der Waals surface area contributed by atoms with E-state index in [1.54, 1.807) is 38.1 Å². The minimum absolute atomic E-state index is 0.169. The monoisotopic (exact) mass is 261 g/mol. The Kier molecular flexibility index (Phi) is 5.64. The molecule has 1 unspecified atom stereocenters. The largest absolute Gasteiger partial charge is 0.457 e. The molecule has 0 N–H and O–H groups in total. The number of esters is 1. The number of ketones is 1. The highest BCUT2D eigenvalue weighted by Crippen LogP contribution is 2.08. The number of nitrogens with zero attached hydrogens (tertiary/aromatic N) is 1. The first-order valence-corrected chi connectivity index (χ1v) is 5.90. The van der Waals surface area contributed by atoms with E-state index in [9.17, 15) is 14.4 Å². The highest BCUT2D eigenvalue weighted by atomic mass is 16.5. The van der Waals surface area contributed by atoms with Crippen LogP contribution >= 0.6 is 0 Å². The molecular weight excluding hydrogens is 246 g/mol. The van der Waals surface area contributed by atoms with E-state index in [1.165, 1.54) is 6.08 Å². The molecule has 0 aromatic heterocycles. The van der Waals surface area contributed by atoms with E-state index in [2.05, 4.69) is 4.99 Å². The van der Waals surface area contributed by atoms with Crippen molar-refractivity contribution >= 4 is 17.8 Å². The summed E-state index contributed by atoms with van der Waals surface area (Å²) >= 11 is 0. The van der Waals surface area contributed by atoms with Crippen molar-refractivity contribution in [1.29, 1.82) is 0 Å². The molecule has 1 atom stereocenters. The van der Waals surface area contributed by atoms with Crippen LogP contribution in [0.4, 0.5) is 0 Å². The van der Waals surface area contributed by atoms with Crippen LogP contribution in [-0.2, 0) is 25.5 Å².